The second-order valence-electron chi connectivity index (χ2n) is 3.90. The van der Waals surface area contributed by atoms with Crippen molar-refractivity contribution in [2.24, 2.45) is 5.92 Å². The van der Waals surface area contributed by atoms with Crippen molar-refractivity contribution in [1.29, 1.82) is 0 Å². The van der Waals surface area contributed by atoms with Gasteiger partial charge >= 0.3 is 0 Å². The van der Waals surface area contributed by atoms with Gasteiger partial charge in [-0.2, -0.15) is 0 Å². The van der Waals surface area contributed by atoms with E-state index in [0.29, 0.717) is 5.92 Å². The van der Waals surface area contributed by atoms with Crippen LogP contribution in [0.2, 0.25) is 0 Å². The topological polar surface area (TPSA) is 0 Å². The van der Waals surface area contributed by atoms with E-state index < -0.39 is 0 Å². The van der Waals surface area contributed by atoms with Crippen LogP contribution < -0.4 is 0 Å². The van der Waals surface area contributed by atoms with Crippen molar-refractivity contribution in [1.82, 2.24) is 0 Å². The molecule has 70 valence electrons. The first-order valence-electron chi connectivity index (χ1n) is 4.52. The molecule has 1 aliphatic rings. The second kappa shape index (κ2) is 3.29. The summed E-state index contributed by atoms with van der Waals surface area (Å²) in [5, 5.41) is 0.200. The highest BCUT2D eigenvalue weighted by Crippen LogP contribution is 2.43. The second-order valence-corrected chi connectivity index (χ2v) is 5.22. The van der Waals surface area contributed by atoms with Crippen molar-refractivity contribution >= 4 is 27.5 Å². The van der Waals surface area contributed by atoms with E-state index >= 15 is 0 Å². The number of fused-ring (bicyclic) bond motifs is 1. The van der Waals surface area contributed by atoms with Crippen LogP contribution in [0.4, 0.5) is 0 Å². The summed E-state index contributed by atoms with van der Waals surface area (Å²) < 4.78 is 1.22. The average molecular weight is 260 g/mol. The number of alkyl halides is 1. The fraction of sp³-hybridized carbons (Fsp3) is 0.455. The Labute approximate surface area is 92.4 Å². The molecule has 0 N–H and O–H groups in total. The van der Waals surface area contributed by atoms with Gasteiger partial charge in [-0.25, -0.2) is 0 Å². The summed E-state index contributed by atoms with van der Waals surface area (Å²) in [7, 11) is 0. The van der Waals surface area contributed by atoms with Crippen LogP contribution in [0.3, 0.4) is 0 Å². The number of aryl methyl sites for hydroxylation is 1. The van der Waals surface area contributed by atoms with Gasteiger partial charge in [-0.05, 0) is 42.0 Å². The Morgan fingerprint density at radius 2 is 2.15 bits per heavy atom. The summed E-state index contributed by atoms with van der Waals surface area (Å²) >= 11 is 9.91. The number of benzene rings is 1. The van der Waals surface area contributed by atoms with Gasteiger partial charge in [0, 0.05) is 4.47 Å². The lowest BCUT2D eigenvalue weighted by atomic mass is 10.1. The number of halogens is 2. The molecule has 13 heavy (non-hydrogen) atoms. The van der Waals surface area contributed by atoms with Crippen molar-refractivity contribution in [2.75, 3.05) is 0 Å². The first-order valence-corrected chi connectivity index (χ1v) is 5.75. The van der Waals surface area contributed by atoms with Crippen molar-refractivity contribution in [2.45, 2.75) is 25.6 Å². The summed E-state index contributed by atoms with van der Waals surface area (Å²) in [6, 6.07) is 4.38. The molecule has 2 heteroatoms. The van der Waals surface area contributed by atoms with Gasteiger partial charge in [-0.1, -0.05) is 28.9 Å². The van der Waals surface area contributed by atoms with Crippen LogP contribution in [-0.4, -0.2) is 0 Å². The normalized spacial score (nSPS) is 26.2. The zero-order valence-electron chi connectivity index (χ0n) is 7.77. The Hall–Kier alpha value is -0.0100. The van der Waals surface area contributed by atoms with Crippen LogP contribution >= 0.6 is 27.5 Å². The third kappa shape index (κ3) is 1.53. The van der Waals surface area contributed by atoms with E-state index in [1.807, 2.05) is 0 Å². The van der Waals surface area contributed by atoms with Crippen LogP contribution in [0.25, 0.3) is 0 Å². The molecule has 1 aliphatic carbocycles. The minimum atomic E-state index is 0.200. The Morgan fingerprint density at radius 1 is 1.46 bits per heavy atom. The van der Waals surface area contributed by atoms with E-state index in [4.69, 9.17) is 11.6 Å². The van der Waals surface area contributed by atoms with Crippen LogP contribution in [0.1, 0.15) is 29.0 Å². The van der Waals surface area contributed by atoms with Gasteiger partial charge in [-0.3, -0.25) is 0 Å². The first-order chi connectivity index (χ1) is 6.09. The van der Waals surface area contributed by atoms with E-state index in [-0.39, 0.29) is 5.38 Å². The van der Waals surface area contributed by atoms with E-state index in [1.54, 1.807) is 0 Å². The predicted octanol–water partition coefficient (Wildman–Crippen LogP) is 4.23. The predicted molar refractivity (Wildman–Crippen MR) is 60.3 cm³/mol. The van der Waals surface area contributed by atoms with Gasteiger partial charge in [0.2, 0.25) is 0 Å². The summed E-state index contributed by atoms with van der Waals surface area (Å²) in [6.07, 6.45) is 1.10. The molecule has 0 radical (unpaired) electrons. The summed E-state index contributed by atoms with van der Waals surface area (Å²) in [5.41, 5.74) is 4.00. The van der Waals surface area contributed by atoms with Gasteiger partial charge in [0.05, 0.1) is 5.38 Å². The highest BCUT2D eigenvalue weighted by molar-refractivity contribution is 9.10. The largest absolute Gasteiger partial charge is 0.118 e. The van der Waals surface area contributed by atoms with Crippen molar-refractivity contribution in [3.8, 4) is 0 Å². The SMILES string of the molecule is Cc1cc(Br)c2c(c1)C(Cl)C(C)C2. The molecule has 0 amide bonds. The smallest absolute Gasteiger partial charge is 0.0617 e. The lowest BCUT2D eigenvalue weighted by Gasteiger charge is -2.07. The lowest BCUT2D eigenvalue weighted by molar-refractivity contribution is 0.608. The third-order valence-corrected chi connectivity index (χ3v) is 4.07. The molecular weight excluding hydrogens is 247 g/mol. The quantitative estimate of drug-likeness (QED) is 0.612. The summed E-state index contributed by atoms with van der Waals surface area (Å²) in [6.45, 7) is 4.32. The van der Waals surface area contributed by atoms with E-state index in [2.05, 4.69) is 41.9 Å². The van der Waals surface area contributed by atoms with Gasteiger partial charge in [0.15, 0.2) is 0 Å². The molecule has 0 saturated heterocycles. The maximum Gasteiger partial charge on any atom is 0.0617 e. The molecule has 0 spiro atoms. The van der Waals surface area contributed by atoms with Gasteiger partial charge in [0.25, 0.3) is 0 Å². The van der Waals surface area contributed by atoms with E-state index in [1.165, 1.54) is 21.2 Å². The molecule has 1 aromatic rings. The molecule has 0 fully saturated rings. The maximum atomic E-state index is 6.32. The van der Waals surface area contributed by atoms with Gasteiger partial charge < -0.3 is 0 Å². The number of hydrogen-bond acceptors (Lipinski definition) is 0. The molecule has 0 nitrogen and oxygen atoms in total. The molecule has 0 aliphatic heterocycles. The molecule has 0 saturated carbocycles. The van der Waals surface area contributed by atoms with Crippen LogP contribution in [0.15, 0.2) is 16.6 Å². The first kappa shape index (κ1) is 9.54. The zero-order valence-corrected chi connectivity index (χ0v) is 10.1. The van der Waals surface area contributed by atoms with Gasteiger partial charge in [-0.15, -0.1) is 11.6 Å². The lowest BCUT2D eigenvalue weighted by Crippen LogP contribution is -1.94. The fourth-order valence-corrected chi connectivity index (χ4v) is 3.03. The standard InChI is InChI=1S/C11H12BrCl/c1-6-3-9-8(10(12)4-6)5-7(2)11(9)13/h3-4,7,11H,5H2,1-2H3. The molecule has 2 unspecified atom stereocenters. The highest BCUT2D eigenvalue weighted by atomic mass is 79.9. The van der Waals surface area contributed by atoms with Crippen molar-refractivity contribution in [3.63, 3.8) is 0 Å². The molecule has 2 atom stereocenters. The molecule has 2 rings (SSSR count). The van der Waals surface area contributed by atoms with Crippen LogP contribution in [0.5, 0.6) is 0 Å². The molecule has 0 heterocycles. The van der Waals surface area contributed by atoms with Gasteiger partial charge in [0.1, 0.15) is 0 Å². The minimum Gasteiger partial charge on any atom is -0.118 e. The fourth-order valence-electron chi connectivity index (χ4n) is 1.99. The zero-order chi connectivity index (χ0) is 9.59. The molecular formula is C11H12BrCl. The van der Waals surface area contributed by atoms with E-state index in [0.717, 1.165) is 6.42 Å². The Morgan fingerprint density at radius 3 is 2.85 bits per heavy atom. The monoisotopic (exact) mass is 258 g/mol. The number of rotatable bonds is 0. The highest BCUT2D eigenvalue weighted by Gasteiger charge is 2.29. The summed E-state index contributed by atoms with van der Waals surface area (Å²) in [4.78, 5) is 0. The summed E-state index contributed by atoms with van der Waals surface area (Å²) in [5.74, 6) is 0.565. The molecule has 0 bridgehead atoms. The Kier molecular flexibility index (Phi) is 2.41. The third-order valence-electron chi connectivity index (χ3n) is 2.70. The molecule has 1 aromatic carbocycles. The van der Waals surface area contributed by atoms with Crippen molar-refractivity contribution < 1.29 is 0 Å². The average Bonchev–Trinajstić information content (AvgIpc) is 2.32. The van der Waals surface area contributed by atoms with E-state index in [9.17, 15) is 0 Å². The Balaban J connectivity index is 2.57. The van der Waals surface area contributed by atoms with Crippen molar-refractivity contribution in [3.05, 3.63) is 33.3 Å². The molecule has 0 aromatic heterocycles. The van der Waals surface area contributed by atoms with Crippen LogP contribution in [0, 0.1) is 12.8 Å². The minimum absolute atomic E-state index is 0.200. The Bertz CT molecular complexity index is 346. The number of hydrogen-bond donors (Lipinski definition) is 0. The maximum absolute atomic E-state index is 6.32. The van der Waals surface area contributed by atoms with Crippen LogP contribution in [-0.2, 0) is 6.42 Å².